The number of hydrogen-bond donors (Lipinski definition) is 0. The first-order valence-corrected chi connectivity index (χ1v) is 16.8. The molecule has 1 unspecified atom stereocenters. The molecule has 15 heteroatoms. The molecule has 0 bridgehead atoms. The van der Waals surface area contributed by atoms with Gasteiger partial charge >= 0.3 is 13.4 Å². The second-order valence-corrected chi connectivity index (χ2v) is 13.9. The van der Waals surface area contributed by atoms with Gasteiger partial charge in [0.1, 0.15) is 11.5 Å². The van der Waals surface area contributed by atoms with E-state index in [1.807, 2.05) is 13.8 Å². The third-order valence-corrected chi connectivity index (χ3v) is 9.80. The first-order valence-electron chi connectivity index (χ1n) is 10.1. The quantitative estimate of drug-likeness (QED) is 0.168. The average molecular weight is 586 g/mol. The summed E-state index contributed by atoms with van der Waals surface area (Å²) in [4.78, 5) is 10.9. The topological polar surface area (TPSA) is 116 Å². The standard InChI is InChI=1S/C11H17O4PS2.C9H12NO5PS/c1-4-13-16(17,14-5-2)15-10-6-8-11(9-7-10)18(3)12;1-7-6-8(4-5-9(7)10(11)12)15-16(17,13-2)14-3/h6-9H,4-5H2,1-3H3;4-6H,1-3H3. The van der Waals surface area contributed by atoms with Gasteiger partial charge in [-0.2, -0.15) is 0 Å². The molecule has 196 valence electrons. The molecule has 0 aliphatic heterocycles. The van der Waals surface area contributed by atoms with Crippen LogP contribution in [0.1, 0.15) is 19.4 Å². The van der Waals surface area contributed by atoms with Gasteiger partial charge in [-0.3, -0.25) is 23.4 Å². The molecule has 0 saturated carbocycles. The van der Waals surface area contributed by atoms with Crippen LogP contribution < -0.4 is 9.05 Å². The van der Waals surface area contributed by atoms with E-state index in [0.29, 0.717) is 30.3 Å². The highest BCUT2D eigenvalue weighted by molar-refractivity contribution is 8.08. The fourth-order valence-corrected chi connectivity index (χ4v) is 5.93. The molecule has 2 rings (SSSR count). The van der Waals surface area contributed by atoms with E-state index in [1.54, 1.807) is 37.4 Å². The lowest BCUT2D eigenvalue weighted by molar-refractivity contribution is -0.385. The van der Waals surface area contributed by atoms with E-state index in [4.69, 9.17) is 50.8 Å². The van der Waals surface area contributed by atoms with Crippen molar-refractivity contribution in [3.05, 3.63) is 58.1 Å². The lowest BCUT2D eigenvalue weighted by atomic mass is 10.2. The van der Waals surface area contributed by atoms with Gasteiger partial charge in [-0.15, -0.1) is 0 Å². The van der Waals surface area contributed by atoms with E-state index in [1.165, 1.54) is 32.4 Å². The van der Waals surface area contributed by atoms with Crippen LogP contribution in [0, 0.1) is 17.0 Å². The van der Waals surface area contributed by atoms with Crippen molar-refractivity contribution in [3.8, 4) is 11.5 Å². The number of nitro benzene ring substituents is 1. The van der Waals surface area contributed by atoms with Gasteiger partial charge in [0.25, 0.3) is 5.69 Å². The Morgan fingerprint density at radius 3 is 1.80 bits per heavy atom. The Hall–Kier alpha value is -1.27. The monoisotopic (exact) mass is 585 g/mol. The molecule has 0 aliphatic carbocycles. The predicted octanol–water partition coefficient (Wildman–Crippen LogP) is 5.90. The van der Waals surface area contributed by atoms with Gasteiger partial charge in [-0.1, -0.05) is 0 Å². The second-order valence-electron chi connectivity index (χ2n) is 6.41. The number of rotatable bonds is 12. The molecular weight excluding hydrogens is 556 g/mol. The van der Waals surface area contributed by atoms with E-state index < -0.39 is 29.2 Å². The lowest BCUT2D eigenvalue weighted by Crippen LogP contribution is -2.02. The van der Waals surface area contributed by atoms with Crippen molar-refractivity contribution >= 4 is 53.5 Å². The Morgan fingerprint density at radius 2 is 1.40 bits per heavy atom. The smallest absolute Gasteiger partial charge is 0.380 e. The van der Waals surface area contributed by atoms with Crippen molar-refractivity contribution < 1.29 is 36.3 Å². The second kappa shape index (κ2) is 15.1. The summed E-state index contributed by atoms with van der Waals surface area (Å²) in [6, 6.07) is 11.3. The molecule has 2 aromatic carbocycles. The van der Waals surface area contributed by atoms with Gasteiger partial charge in [0.05, 0.1) is 18.1 Å². The maximum atomic E-state index is 11.3. The fourth-order valence-electron chi connectivity index (χ4n) is 2.40. The van der Waals surface area contributed by atoms with Gasteiger partial charge < -0.3 is 18.1 Å². The van der Waals surface area contributed by atoms with E-state index in [9.17, 15) is 14.3 Å². The zero-order valence-corrected chi connectivity index (χ0v) is 24.4. The predicted molar refractivity (Wildman–Crippen MR) is 144 cm³/mol. The number of nitrogens with zero attached hydrogens (tertiary/aromatic N) is 1. The van der Waals surface area contributed by atoms with Crippen LogP contribution in [0.2, 0.25) is 0 Å². The molecule has 0 radical (unpaired) electrons. The van der Waals surface area contributed by atoms with E-state index in [-0.39, 0.29) is 5.69 Å². The summed E-state index contributed by atoms with van der Waals surface area (Å²) < 4.78 is 42.9. The molecule has 0 spiro atoms. The summed E-state index contributed by atoms with van der Waals surface area (Å²) in [5.41, 5.74) is 0.516. The first kappa shape index (κ1) is 31.8. The molecule has 0 amide bonds. The third kappa shape index (κ3) is 10.7. The molecule has 1 atom stereocenters. The highest BCUT2D eigenvalue weighted by Crippen LogP contribution is 2.50. The molecular formula is C20H29NO9P2S3. The van der Waals surface area contributed by atoms with Gasteiger partial charge in [0.15, 0.2) is 0 Å². The third-order valence-electron chi connectivity index (χ3n) is 3.98. The molecule has 0 saturated heterocycles. The van der Waals surface area contributed by atoms with Gasteiger partial charge in [0.2, 0.25) is 0 Å². The molecule has 35 heavy (non-hydrogen) atoms. The largest absolute Gasteiger partial charge is 0.424 e. The number of nitro groups is 1. The van der Waals surface area contributed by atoms with Crippen LogP contribution in [0.15, 0.2) is 47.4 Å². The van der Waals surface area contributed by atoms with Crippen molar-refractivity contribution in [2.75, 3.05) is 33.7 Å². The molecule has 0 aliphatic rings. The number of benzene rings is 2. The Balaban J connectivity index is 0.000000351. The Morgan fingerprint density at radius 1 is 0.914 bits per heavy atom. The van der Waals surface area contributed by atoms with Gasteiger partial charge in [0, 0.05) is 71.4 Å². The molecule has 10 nitrogen and oxygen atoms in total. The minimum absolute atomic E-state index is 0.0282. The Kier molecular flexibility index (Phi) is 13.7. The number of hydrogen-bond acceptors (Lipinski definition) is 11. The zero-order valence-electron chi connectivity index (χ0n) is 20.2. The highest BCUT2D eigenvalue weighted by Gasteiger charge is 2.21. The number of aryl methyl sites for hydroxylation is 1. The average Bonchev–Trinajstić information content (AvgIpc) is 2.79. The van der Waals surface area contributed by atoms with Crippen molar-refractivity contribution in [2.24, 2.45) is 0 Å². The van der Waals surface area contributed by atoms with Crippen LogP contribution in [0.25, 0.3) is 0 Å². The van der Waals surface area contributed by atoms with Crippen molar-refractivity contribution in [1.29, 1.82) is 0 Å². The molecule has 0 N–H and O–H groups in total. The van der Waals surface area contributed by atoms with E-state index >= 15 is 0 Å². The van der Waals surface area contributed by atoms with Crippen molar-refractivity contribution in [3.63, 3.8) is 0 Å². The van der Waals surface area contributed by atoms with Crippen molar-refractivity contribution in [1.82, 2.24) is 0 Å². The minimum atomic E-state index is -2.80. The summed E-state index contributed by atoms with van der Waals surface area (Å²) in [6.07, 6.45) is 1.63. The summed E-state index contributed by atoms with van der Waals surface area (Å²) in [6.45, 7) is 0.656. The SMILES string of the molecule is CCOP(=S)(OCC)Oc1ccc(S(C)=O)cc1.COP(=S)(OC)Oc1ccc([N+](=O)[O-])c(C)c1. The summed E-state index contributed by atoms with van der Waals surface area (Å²) in [7, 11) is 1.78. The van der Waals surface area contributed by atoms with Crippen LogP contribution >= 0.6 is 13.4 Å². The normalized spacial score (nSPS) is 12.3. The lowest BCUT2D eigenvalue weighted by Gasteiger charge is -2.21. The Labute approximate surface area is 218 Å². The first-order chi connectivity index (χ1) is 16.4. The molecule has 0 heterocycles. The molecule has 0 fully saturated rings. The highest BCUT2D eigenvalue weighted by atomic mass is 32.5. The van der Waals surface area contributed by atoms with Crippen LogP contribution in [-0.4, -0.2) is 42.8 Å². The van der Waals surface area contributed by atoms with Crippen molar-refractivity contribution in [2.45, 2.75) is 25.7 Å². The van der Waals surface area contributed by atoms with Crippen LogP contribution in [0.3, 0.4) is 0 Å². The van der Waals surface area contributed by atoms with Crippen LogP contribution in [-0.2, 0) is 52.5 Å². The summed E-state index contributed by atoms with van der Waals surface area (Å²) >= 11 is 10.3. The fraction of sp³-hybridized carbons (Fsp3) is 0.400. The van der Waals surface area contributed by atoms with E-state index in [0.717, 1.165) is 4.90 Å². The van der Waals surface area contributed by atoms with E-state index in [2.05, 4.69) is 0 Å². The summed E-state index contributed by atoms with van der Waals surface area (Å²) in [5.74, 6) is 0.953. The summed E-state index contributed by atoms with van der Waals surface area (Å²) in [5, 5.41) is 10.6. The maximum Gasteiger partial charge on any atom is 0.380 e. The van der Waals surface area contributed by atoms with Crippen LogP contribution in [0.4, 0.5) is 5.69 Å². The van der Waals surface area contributed by atoms with Gasteiger partial charge in [-0.25, -0.2) is 0 Å². The Bertz CT molecular complexity index is 1080. The van der Waals surface area contributed by atoms with Crippen LogP contribution in [0.5, 0.6) is 11.5 Å². The zero-order chi connectivity index (χ0) is 26.6. The molecule has 2 aromatic rings. The molecule has 0 aromatic heterocycles. The minimum Gasteiger partial charge on any atom is -0.424 e. The van der Waals surface area contributed by atoms with Gasteiger partial charge in [-0.05, 0) is 57.2 Å². The maximum absolute atomic E-state index is 11.3.